The number of pyridine rings is 2. The van der Waals surface area contributed by atoms with Crippen LogP contribution < -0.4 is 10.1 Å². The second-order valence-electron chi connectivity index (χ2n) is 9.00. The number of aryl methyl sites for hydroxylation is 3. The molecule has 8 nitrogen and oxygen atoms in total. The van der Waals surface area contributed by atoms with E-state index >= 15 is 0 Å². The van der Waals surface area contributed by atoms with E-state index < -0.39 is 0 Å². The van der Waals surface area contributed by atoms with Gasteiger partial charge in [0.2, 0.25) is 11.8 Å². The third kappa shape index (κ3) is 4.15. The van der Waals surface area contributed by atoms with E-state index in [0.29, 0.717) is 24.0 Å². The van der Waals surface area contributed by atoms with Crippen molar-refractivity contribution in [1.29, 1.82) is 0 Å². The molecule has 3 aromatic heterocycles. The van der Waals surface area contributed by atoms with Gasteiger partial charge in [0.25, 0.3) is 0 Å². The minimum atomic E-state index is -0.141. The second kappa shape index (κ2) is 8.33. The predicted octanol–water partition coefficient (Wildman–Crippen LogP) is 3.42. The maximum Gasteiger partial charge on any atom is 0.227 e. The Morgan fingerprint density at radius 2 is 2.15 bits per heavy atom. The number of anilines is 1. The summed E-state index contributed by atoms with van der Waals surface area (Å²) in [5.74, 6) is 1.45. The number of carbonyl (C=O) groups is 1. The van der Waals surface area contributed by atoms with Crippen LogP contribution in [-0.4, -0.2) is 56.3 Å². The minimum Gasteiger partial charge on any atom is -0.481 e. The zero-order valence-electron chi connectivity index (χ0n) is 19.1. The van der Waals surface area contributed by atoms with E-state index in [4.69, 9.17) is 21.3 Å². The Hall–Kier alpha value is -3.13. The lowest BCUT2D eigenvalue weighted by atomic mass is 9.86. The normalized spacial score (nSPS) is 19.5. The van der Waals surface area contributed by atoms with Crippen molar-refractivity contribution in [2.24, 2.45) is 7.05 Å². The highest BCUT2D eigenvalue weighted by Crippen LogP contribution is 2.38. The molecule has 0 aromatic carbocycles. The van der Waals surface area contributed by atoms with Crippen molar-refractivity contribution in [1.82, 2.24) is 24.6 Å². The summed E-state index contributed by atoms with van der Waals surface area (Å²) in [6.07, 6.45) is 8.44. The average Bonchev–Trinajstić information content (AvgIpc) is 3.41. The fourth-order valence-corrected chi connectivity index (χ4v) is 5.03. The van der Waals surface area contributed by atoms with Crippen LogP contribution in [0.1, 0.15) is 29.7 Å². The molecule has 1 saturated heterocycles. The summed E-state index contributed by atoms with van der Waals surface area (Å²) < 4.78 is 6.98. The lowest BCUT2D eigenvalue weighted by Crippen LogP contribution is -2.45. The number of hydrogen-bond acceptors (Lipinski definition) is 6. The van der Waals surface area contributed by atoms with Crippen molar-refractivity contribution < 1.29 is 9.53 Å². The number of aromatic nitrogens is 4. The molecule has 0 bridgehead atoms. The van der Waals surface area contributed by atoms with Gasteiger partial charge in [-0.15, -0.1) is 0 Å². The number of likely N-dealkylation sites (tertiary alicyclic amines) is 1. The van der Waals surface area contributed by atoms with E-state index in [-0.39, 0.29) is 17.9 Å². The largest absolute Gasteiger partial charge is 0.481 e. The van der Waals surface area contributed by atoms with Gasteiger partial charge in [0.1, 0.15) is 5.82 Å². The number of rotatable bonds is 4. The molecule has 172 valence electrons. The predicted molar refractivity (Wildman–Crippen MR) is 127 cm³/mol. The van der Waals surface area contributed by atoms with Crippen molar-refractivity contribution in [2.75, 3.05) is 25.5 Å². The molecule has 0 saturated carbocycles. The van der Waals surface area contributed by atoms with Crippen LogP contribution in [0.4, 0.5) is 5.82 Å². The molecule has 5 rings (SSSR count). The van der Waals surface area contributed by atoms with Gasteiger partial charge in [0.05, 0.1) is 30.3 Å². The lowest BCUT2D eigenvalue weighted by Gasteiger charge is -2.36. The van der Waals surface area contributed by atoms with Gasteiger partial charge < -0.3 is 15.0 Å². The molecule has 1 atom stereocenters. The summed E-state index contributed by atoms with van der Waals surface area (Å²) in [6.45, 7) is 3.41. The number of hydrogen-bond donors (Lipinski definition) is 1. The molecular formula is C24H27ClN6O2. The van der Waals surface area contributed by atoms with Crippen LogP contribution in [0.3, 0.4) is 0 Å². The van der Waals surface area contributed by atoms with Crippen LogP contribution in [0.15, 0.2) is 30.7 Å². The molecule has 33 heavy (non-hydrogen) atoms. The summed E-state index contributed by atoms with van der Waals surface area (Å²) in [4.78, 5) is 24.0. The Balaban J connectivity index is 1.30. The molecule has 0 radical (unpaired) electrons. The first-order chi connectivity index (χ1) is 15.9. The first-order valence-corrected chi connectivity index (χ1v) is 11.5. The summed E-state index contributed by atoms with van der Waals surface area (Å²) in [5, 5.41) is 8.46. The van der Waals surface area contributed by atoms with E-state index in [9.17, 15) is 4.79 Å². The van der Waals surface area contributed by atoms with Crippen LogP contribution in [0.2, 0.25) is 5.02 Å². The molecule has 0 aliphatic carbocycles. The average molecular weight is 467 g/mol. The minimum absolute atomic E-state index is 0.0608. The molecule has 1 amide bonds. The van der Waals surface area contributed by atoms with E-state index in [1.54, 1.807) is 17.9 Å². The highest BCUT2D eigenvalue weighted by atomic mass is 35.5. The Labute approximate surface area is 197 Å². The van der Waals surface area contributed by atoms with Crippen molar-refractivity contribution in [3.8, 4) is 17.0 Å². The number of carbonyl (C=O) groups excluding carboxylic acids is 1. The Morgan fingerprint density at radius 1 is 1.30 bits per heavy atom. The van der Waals surface area contributed by atoms with Crippen LogP contribution >= 0.6 is 11.6 Å². The summed E-state index contributed by atoms with van der Waals surface area (Å²) in [7, 11) is 3.47. The van der Waals surface area contributed by atoms with E-state index in [1.807, 2.05) is 31.3 Å². The highest BCUT2D eigenvalue weighted by molar-refractivity contribution is 6.31. The number of methoxy groups -OCH3 is 1. The SMILES string of the molecule is COc1cc(CC(=O)N2CC[C@]3(CCc4cc(-c5cnn(C)c5)c(C)nc4N3)C2)c(Cl)cn1. The van der Waals surface area contributed by atoms with Crippen LogP contribution in [0.25, 0.3) is 11.1 Å². The summed E-state index contributed by atoms with van der Waals surface area (Å²) >= 11 is 6.26. The molecule has 2 aliphatic heterocycles. The number of nitrogens with zero attached hydrogens (tertiary/aromatic N) is 5. The highest BCUT2D eigenvalue weighted by Gasteiger charge is 2.42. The van der Waals surface area contributed by atoms with E-state index in [2.05, 4.69) is 21.5 Å². The smallest absolute Gasteiger partial charge is 0.227 e. The van der Waals surface area contributed by atoms with Crippen molar-refractivity contribution in [2.45, 2.75) is 38.1 Å². The quantitative estimate of drug-likeness (QED) is 0.634. The first kappa shape index (κ1) is 21.7. The standard InChI is InChI=1S/C24H27ClN6O2/c1-15-19(18-11-27-30(2)13-18)8-16-4-5-24(29-23(16)28-15)6-7-31(14-24)22(32)10-17-9-21(33-3)26-12-20(17)25/h8-9,11-13H,4-7,10,14H2,1-3H3,(H,28,29)/t24-/m1/s1. The van der Waals surface area contributed by atoms with Crippen molar-refractivity contribution in [3.05, 3.63) is 52.6 Å². The molecule has 1 spiro atoms. The van der Waals surface area contributed by atoms with Gasteiger partial charge in [-0.2, -0.15) is 5.10 Å². The fourth-order valence-electron chi connectivity index (χ4n) is 4.86. The van der Waals surface area contributed by atoms with Gasteiger partial charge in [-0.05, 0) is 43.4 Å². The van der Waals surface area contributed by atoms with Gasteiger partial charge in [0, 0.05) is 55.4 Å². The molecule has 5 heterocycles. The van der Waals surface area contributed by atoms with Crippen LogP contribution in [0, 0.1) is 6.92 Å². The monoisotopic (exact) mass is 466 g/mol. The van der Waals surface area contributed by atoms with Gasteiger partial charge in [-0.1, -0.05) is 11.6 Å². The van der Waals surface area contributed by atoms with Gasteiger partial charge in [0.15, 0.2) is 0 Å². The van der Waals surface area contributed by atoms with Gasteiger partial charge in [-0.3, -0.25) is 9.48 Å². The third-order valence-corrected chi connectivity index (χ3v) is 7.07. The summed E-state index contributed by atoms with van der Waals surface area (Å²) in [5.41, 5.74) is 4.97. The second-order valence-corrected chi connectivity index (χ2v) is 9.40. The molecular weight excluding hydrogens is 440 g/mol. The maximum atomic E-state index is 13.1. The first-order valence-electron chi connectivity index (χ1n) is 11.1. The van der Waals surface area contributed by atoms with Crippen molar-refractivity contribution in [3.63, 3.8) is 0 Å². The summed E-state index contributed by atoms with van der Waals surface area (Å²) in [6, 6.07) is 3.96. The lowest BCUT2D eigenvalue weighted by molar-refractivity contribution is -0.129. The topological polar surface area (TPSA) is 85.2 Å². The van der Waals surface area contributed by atoms with E-state index in [1.165, 1.54) is 11.8 Å². The number of amides is 1. The van der Waals surface area contributed by atoms with Crippen molar-refractivity contribution >= 4 is 23.3 Å². The van der Waals surface area contributed by atoms with Gasteiger partial charge in [-0.25, -0.2) is 9.97 Å². The third-order valence-electron chi connectivity index (χ3n) is 6.73. The molecule has 1 fully saturated rings. The molecule has 0 unspecified atom stereocenters. The molecule has 9 heteroatoms. The van der Waals surface area contributed by atoms with Gasteiger partial charge >= 0.3 is 0 Å². The molecule has 1 N–H and O–H groups in total. The fraction of sp³-hybridized carbons (Fsp3) is 0.417. The zero-order valence-corrected chi connectivity index (χ0v) is 19.8. The maximum absolute atomic E-state index is 13.1. The van der Waals surface area contributed by atoms with Crippen LogP contribution in [0.5, 0.6) is 5.88 Å². The molecule has 3 aromatic rings. The number of nitrogens with one attached hydrogen (secondary N) is 1. The number of ether oxygens (including phenoxy) is 1. The Kier molecular flexibility index (Phi) is 5.48. The molecule has 2 aliphatic rings. The number of fused-ring (bicyclic) bond motifs is 1. The Morgan fingerprint density at radius 3 is 2.91 bits per heavy atom. The zero-order chi connectivity index (χ0) is 23.2. The Bertz CT molecular complexity index is 1230. The van der Waals surface area contributed by atoms with Crippen LogP contribution in [-0.2, 0) is 24.7 Å². The number of halogens is 1. The van der Waals surface area contributed by atoms with E-state index in [0.717, 1.165) is 47.5 Å².